The van der Waals surface area contributed by atoms with Gasteiger partial charge in [-0.1, -0.05) is 61.5 Å². The summed E-state index contributed by atoms with van der Waals surface area (Å²) < 4.78 is 7.51. The topological polar surface area (TPSA) is 88.0 Å². The first-order valence-corrected chi connectivity index (χ1v) is 14.0. The minimum Gasteiger partial charge on any atom is -0.0622 e. The van der Waals surface area contributed by atoms with E-state index in [9.17, 15) is 9.59 Å². The predicted octanol–water partition coefficient (Wildman–Crippen LogP) is 5.78. The molecular formula is C30H25N2NaO4S. The van der Waals surface area contributed by atoms with Gasteiger partial charge < -0.3 is 5.11 Å². The molecule has 6 nitrogen and oxygen atoms in total. The quantitative estimate of drug-likeness (QED) is 0.242. The normalized spacial score (nSPS) is 13.6. The summed E-state index contributed by atoms with van der Waals surface area (Å²) in [6.07, 6.45) is 2.10. The summed E-state index contributed by atoms with van der Waals surface area (Å²) in [6.45, 7) is 2.05. The SMILES string of the molecule is CCC(=O)O.O=C1N=C(Nc2cc[c]([Na])cc2)SC1=Cc1cc2ccccc2cc1OCc1ccccc1. The second kappa shape index (κ2) is 13.4. The molecule has 0 spiro atoms. The van der Waals surface area contributed by atoms with E-state index in [-0.39, 0.29) is 12.3 Å². The zero-order chi connectivity index (χ0) is 26.9. The fourth-order valence-electron chi connectivity index (χ4n) is 3.57. The van der Waals surface area contributed by atoms with Gasteiger partial charge in [-0.05, 0) is 10.9 Å². The van der Waals surface area contributed by atoms with Crippen molar-refractivity contribution in [1.82, 2.24) is 0 Å². The molecule has 0 saturated carbocycles. The van der Waals surface area contributed by atoms with E-state index in [0.29, 0.717) is 16.7 Å². The van der Waals surface area contributed by atoms with Crippen molar-refractivity contribution in [2.24, 2.45) is 4.99 Å². The van der Waals surface area contributed by atoms with Gasteiger partial charge >= 0.3 is 149 Å². The summed E-state index contributed by atoms with van der Waals surface area (Å²) in [5, 5.41) is 13.7. The number of aliphatic imine (C=N–C) groups is 1. The van der Waals surface area contributed by atoms with Crippen LogP contribution < -0.4 is 12.9 Å². The molecule has 0 radical (unpaired) electrons. The number of ether oxygens (including phenoxy) is 1. The number of carbonyl (C=O) groups excluding carboxylic acids is 1. The van der Waals surface area contributed by atoms with Gasteiger partial charge in [0.15, 0.2) is 0 Å². The second-order valence-corrected chi connectivity index (χ2v) is 10.8. The Morgan fingerprint density at radius 3 is 2.29 bits per heavy atom. The van der Waals surface area contributed by atoms with Crippen LogP contribution in [-0.4, -0.2) is 50.1 Å². The van der Waals surface area contributed by atoms with Crippen LogP contribution in [0.5, 0.6) is 5.75 Å². The third-order valence-corrected chi connectivity index (χ3v) is 7.19. The molecule has 4 aromatic carbocycles. The van der Waals surface area contributed by atoms with E-state index >= 15 is 0 Å². The van der Waals surface area contributed by atoms with Crippen molar-refractivity contribution in [1.29, 1.82) is 0 Å². The maximum absolute atomic E-state index is 12.6. The molecule has 0 bridgehead atoms. The minimum atomic E-state index is -0.745. The summed E-state index contributed by atoms with van der Waals surface area (Å²) in [6, 6.07) is 30.5. The summed E-state index contributed by atoms with van der Waals surface area (Å²) in [5.74, 6) is -0.253. The number of carboxylic acid groups (broad SMARTS) is 1. The van der Waals surface area contributed by atoms with Gasteiger partial charge in [-0.25, -0.2) is 0 Å². The number of benzene rings is 4. The van der Waals surface area contributed by atoms with Crippen molar-refractivity contribution in [2.45, 2.75) is 20.0 Å². The average molecular weight is 533 g/mol. The molecule has 1 amide bonds. The Balaban J connectivity index is 0.000000617. The van der Waals surface area contributed by atoms with Crippen LogP contribution in [0.2, 0.25) is 0 Å². The molecular weight excluding hydrogens is 507 g/mol. The summed E-state index contributed by atoms with van der Waals surface area (Å²) in [4.78, 5) is 26.8. The molecule has 0 atom stereocenters. The number of fused-ring (bicyclic) bond motifs is 1. The average Bonchev–Trinajstić information content (AvgIpc) is 3.27. The van der Waals surface area contributed by atoms with E-state index in [1.807, 2.05) is 66.7 Å². The Morgan fingerprint density at radius 1 is 1.00 bits per heavy atom. The second-order valence-electron chi connectivity index (χ2n) is 8.58. The van der Waals surface area contributed by atoms with Gasteiger partial charge in [-0.3, -0.25) is 4.79 Å². The molecule has 2 N–H and O–H groups in total. The number of aliphatic carboxylic acids is 1. The molecule has 38 heavy (non-hydrogen) atoms. The Hall–Kier alpha value is -3.36. The number of amides is 1. The van der Waals surface area contributed by atoms with Crippen molar-refractivity contribution in [2.75, 3.05) is 5.32 Å². The zero-order valence-electron chi connectivity index (χ0n) is 21.2. The van der Waals surface area contributed by atoms with Crippen LogP contribution >= 0.6 is 11.8 Å². The van der Waals surface area contributed by atoms with Crippen LogP contribution in [0.3, 0.4) is 0 Å². The van der Waals surface area contributed by atoms with Crippen LogP contribution in [0, 0.1) is 0 Å². The van der Waals surface area contributed by atoms with Crippen molar-refractivity contribution < 1.29 is 19.4 Å². The van der Waals surface area contributed by atoms with Gasteiger partial charge in [0, 0.05) is 6.42 Å². The van der Waals surface area contributed by atoms with E-state index in [4.69, 9.17) is 9.84 Å². The molecule has 8 heteroatoms. The van der Waals surface area contributed by atoms with E-state index < -0.39 is 5.97 Å². The van der Waals surface area contributed by atoms with Crippen molar-refractivity contribution in [3.63, 3.8) is 0 Å². The van der Waals surface area contributed by atoms with Crippen LogP contribution in [0.25, 0.3) is 16.8 Å². The first-order chi connectivity index (χ1) is 18.4. The number of hydrogen-bond donors (Lipinski definition) is 2. The van der Waals surface area contributed by atoms with Crippen LogP contribution in [-0.2, 0) is 16.2 Å². The van der Waals surface area contributed by atoms with Crippen molar-refractivity contribution in [3.05, 3.63) is 107 Å². The molecule has 4 aromatic rings. The molecule has 1 heterocycles. The van der Waals surface area contributed by atoms with Gasteiger partial charge in [0.05, 0.1) is 0 Å². The molecule has 1 aliphatic rings. The molecule has 0 unspecified atom stereocenters. The Morgan fingerprint density at radius 2 is 1.63 bits per heavy atom. The zero-order valence-corrected chi connectivity index (χ0v) is 24.0. The Kier molecular flexibility index (Phi) is 9.79. The monoisotopic (exact) mass is 532 g/mol. The van der Waals surface area contributed by atoms with Crippen molar-refractivity contribution in [3.8, 4) is 5.75 Å². The van der Waals surface area contributed by atoms with E-state index in [2.05, 4.69) is 40.6 Å². The predicted molar refractivity (Wildman–Crippen MR) is 156 cm³/mol. The van der Waals surface area contributed by atoms with Gasteiger partial charge in [-0.2, -0.15) is 0 Å². The number of carboxylic acids is 1. The molecule has 5 rings (SSSR count). The van der Waals surface area contributed by atoms with Gasteiger partial charge in [0.2, 0.25) is 0 Å². The molecule has 1 aliphatic heterocycles. The number of carbonyl (C=O) groups is 2. The Labute approximate surface area is 243 Å². The van der Waals surface area contributed by atoms with E-state index in [1.54, 1.807) is 6.92 Å². The van der Waals surface area contributed by atoms with Crippen LogP contribution in [0.4, 0.5) is 5.69 Å². The summed E-state index contributed by atoms with van der Waals surface area (Å²) in [7, 11) is 0. The molecule has 0 aromatic heterocycles. The number of anilines is 1. The smallest absolute Gasteiger partial charge is 0.0622 e. The van der Waals surface area contributed by atoms with Gasteiger partial charge in [-0.15, -0.1) is 0 Å². The Bertz CT molecular complexity index is 1500. The fraction of sp³-hybridized carbons (Fsp3) is 0.100. The minimum absolute atomic E-state index is 0.222. The summed E-state index contributed by atoms with van der Waals surface area (Å²) >= 11 is 2.35. The first-order valence-electron chi connectivity index (χ1n) is 12.2. The number of nitrogens with one attached hydrogen (secondary N) is 1. The number of hydrogen-bond acceptors (Lipinski definition) is 5. The van der Waals surface area contributed by atoms with E-state index in [0.717, 1.165) is 61.3 Å². The van der Waals surface area contributed by atoms with E-state index in [1.165, 1.54) is 14.6 Å². The molecule has 0 aliphatic carbocycles. The standard InChI is InChI=1S/C27H19N2O2S.C3H6O2.Na/c30-26-25(32-27(29-26)28-23-13-5-2-6-14-23)17-22-15-20-11-7-8-12-21(20)16-24(22)31-18-19-9-3-1-4-10-19;1-2-3(4)5;/h1,3-17H,18H2,(H,28,29,30);2H2,1H3,(H,4,5);. The maximum atomic E-state index is 12.6. The summed E-state index contributed by atoms with van der Waals surface area (Å²) in [5.41, 5.74) is 2.87. The third kappa shape index (κ3) is 7.82. The number of rotatable bonds is 6. The molecule has 0 fully saturated rings. The number of amidine groups is 1. The van der Waals surface area contributed by atoms with Crippen LogP contribution in [0.15, 0.2) is 101 Å². The third-order valence-electron chi connectivity index (χ3n) is 5.63. The van der Waals surface area contributed by atoms with Gasteiger partial charge in [0.1, 0.15) is 6.61 Å². The fourth-order valence-corrected chi connectivity index (χ4v) is 4.73. The van der Waals surface area contributed by atoms with Crippen molar-refractivity contribution >= 4 is 82.1 Å². The number of nitrogens with zero attached hydrogens (tertiary/aromatic N) is 1. The number of thioether (sulfide) groups is 1. The molecule has 186 valence electrons. The molecule has 0 saturated heterocycles. The van der Waals surface area contributed by atoms with Gasteiger partial charge in [0.25, 0.3) is 0 Å². The first kappa shape index (κ1) is 27.7. The van der Waals surface area contributed by atoms with Crippen LogP contribution in [0.1, 0.15) is 24.5 Å².